The van der Waals surface area contributed by atoms with Crippen LogP contribution in [0.5, 0.6) is 5.75 Å². The Morgan fingerprint density at radius 2 is 1.47 bits per heavy atom. The Bertz CT molecular complexity index is 1070. The molecule has 5 rings (SSSR count). The fraction of sp³-hybridized carbons (Fsp3) is 0.400. The Balaban J connectivity index is 1.11. The van der Waals surface area contributed by atoms with Crippen LogP contribution in [0.3, 0.4) is 0 Å². The summed E-state index contributed by atoms with van der Waals surface area (Å²) < 4.78 is 33.3. The van der Waals surface area contributed by atoms with Crippen molar-refractivity contribution in [2.45, 2.75) is 36.6 Å². The minimum Gasteiger partial charge on any atom is -0.492 e. The van der Waals surface area contributed by atoms with E-state index in [1.54, 1.807) is 0 Å². The van der Waals surface area contributed by atoms with Crippen LogP contribution in [0.15, 0.2) is 71.6 Å². The molecule has 190 valence electrons. The van der Waals surface area contributed by atoms with Crippen molar-refractivity contribution in [2.24, 2.45) is 0 Å². The van der Waals surface area contributed by atoms with Crippen molar-refractivity contribution in [3.8, 4) is 5.75 Å². The number of halogens is 2. The highest BCUT2D eigenvalue weighted by atomic mass is 32.2. The number of nitrogens with zero attached hydrogens (tertiary/aromatic N) is 2. The molecule has 0 spiro atoms. The summed E-state index contributed by atoms with van der Waals surface area (Å²) in [5.41, 5.74) is 3.51. The second-order valence-corrected chi connectivity index (χ2v) is 10.7. The standard InChI is InChI=1S/C30H34F2N2OS/c31-26-12-8-23(9-13-26)29(24-10-14-27(32)15-11-24)34-19-17-33(18-20-34)16-1-2-21-35-28-7-3-5-25-6-4-22-36-30(25)28/h3,5,7-15,29H,1-2,4,6,16-22H2. The molecule has 0 radical (unpaired) electrons. The van der Waals surface area contributed by atoms with Gasteiger partial charge in [0.05, 0.1) is 17.5 Å². The highest BCUT2D eigenvalue weighted by molar-refractivity contribution is 7.99. The fourth-order valence-electron chi connectivity index (χ4n) is 5.24. The second kappa shape index (κ2) is 12.2. The first-order chi connectivity index (χ1) is 17.7. The lowest BCUT2D eigenvalue weighted by molar-refractivity contribution is 0.107. The van der Waals surface area contributed by atoms with Crippen LogP contribution in [0.2, 0.25) is 0 Å². The summed E-state index contributed by atoms with van der Waals surface area (Å²) in [7, 11) is 0. The Kier molecular flexibility index (Phi) is 8.57. The van der Waals surface area contributed by atoms with Crippen molar-refractivity contribution in [1.82, 2.24) is 9.80 Å². The van der Waals surface area contributed by atoms with E-state index in [-0.39, 0.29) is 17.7 Å². The lowest BCUT2D eigenvalue weighted by Crippen LogP contribution is -2.48. The lowest BCUT2D eigenvalue weighted by Gasteiger charge is -2.40. The average Bonchev–Trinajstić information content (AvgIpc) is 2.92. The number of ether oxygens (including phenoxy) is 1. The van der Waals surface area contributed by atoms with E-state index in [9.17, 15) is 8.78 Å². The monoisotopic (exact) mass is 508 g/mol. The van der Waals surface area contributed by atoms with E-state index in [0.29, 0.717) is 0 Å². The molecule has 0 aliphatic carbocycles. The summed E-state index contributed by atoms with van der Waals surface area (Å²) in [6.45, 7) is 5.64. The van der Waals surface area contributed by atoms with Crippen molar-refractivity contribution < 1.29 is 13.5 Å². The van der Waals surface area contributed by atoms with Gasteiger partial charge in [0, 0.05) is 26.2 Å². The first kappa shape index (κ1) is 25.2. The summed E-state index contributed by atoms with van der Waals surface area (Å²) >= 11 is 1.93. The number of benzene rings is 3. The van der Waals surface area contributed by atoms with Gasteiger partial charge in [0.25, 0.3) is 0 Å². The number of thioether (sulfide) groups is 1. The van der Waals surface area contributed by atoms with Crippen molar-refractivity contribution >= 4 is 11.8 Å². The summed E-state index contributed by atoms with van der Waals surface area (Å²) in [5, 5.41) is 0. The molecule has 3 aromatic rings. The molecule has 0 N–H and O–H groups in total. The summed E-state index contributed by atoms with van der Waals surface area (Å²) in [6, 6.07) is 19.9. The van der Waals surface area contributed by atoms with Gasteiger partial charge < -0.3 is 9.64 Å². The molecule has 3 nitrogen and oxygen atoms in total. The van der Waals surface area contributed by atoms with Gasteiger partial charge in [0.1, 0.15) is 17.4 Å². The van der Waals surface area contributed by atoms with Gasteiger partial charge in [-0.05, 0) is 85.0 Å². The number of hydrogen-bond acceptors (Lipinski definition) is 4. The van der Waals surface area contributed by atoms with E-state index < -0.39 is 0 Å². The average molecular weight is 509 g/mol. The zero-order chi connectivity index (χ0) is 24.7. The van der Waals surface area contributed by atoms with E-state index in [1.807, 2.05) is 36.0 Å². The Morgan fingerprint density at radius 1 is 0.806 bits per heavy atom. The Labute approximate surface area is 217 Å². The molecule has 0 atom stereocenters. The van der Waals surface area contributed by atoms with Crippen LogP contribution in [0.25, 0.3) is 0 Å². The van der Waals surface area contributed by atoms with Crippen LogP contribution in [-0.4, -0.2) is 54.9 Å². The smallest absolute Gasteiger partial charge is 0.133 e. The van der Waals surface area contributed by atoms with E-state index in [4.69, 9.17) is 4.74 Å². The maximum atomic E-state index is 13.6. The second-order valence-electron chi connectivity index (χ2n) is 9.64. The normalized spacial score (nSPS) is 16.8. The molecule has 1 fully saturated rings. The maximum absolute atomic E-state index is 13.6. The third kappa shape index (κ3) is 6.28. The SMILES string of the molecule is Fc1ccc(C(c2ccc(F)cc2)N2CCN(CCCCOc3cccc4c3SCCC4)CC2)cc1. The number of aryl methyl sites for hydroxylation is 1. The molecule has 2 aliphatic rings. The van der Waals surface area contributed by atoms with Gasteiger partial charge in [0.2, 0.25) is 0 Å². The zero-order valence-electron chi connectivity index (χ0n) is 20.7. The van der Waals surface area contributed by atoms with Crippen molar-refractivity contribution in [3.63, 3.8) is 0 Å². The molecule has 0 unspecified atom stereocenters. The fourth-order valence-corrected chi connectivity index (χ4v) is 6.36. The summed E-state index contributed by atoms with van der Waals surface area (Å²) in [4.78, 5) is 6.29. The van der Waals surface area contributed by atoms with Gasteiger partial charge in [-0.1, -0.05) is 36.4 Å². The molecule has 1 saturated heterocycles. The van der Waals surface area contributed by atoms with Crippen molar-refractivity contribution in [3.05, 3.63) is 95.1 Å². The van der Waals surface area contributed by atoms with E-state index >= 15 is 0 Å². The van der Waals surface area contributed by atoms with Gasteiger partial charge in [-0.25, -0.2) is 8.78 Å². The van der Waals surface area contributed by atoms with Gasteiger partial charge in [-0.15, -0.1) is 11.8 Å². The predicted molar refractivity (Wildman–Crippen MR) is 143 cm³/mol. The molecular formula is C30H34F2N2OS. The van der Waals surface area contributed by atoms with E-state index in [2.05, 4.69) is 28.0 Å². The highest BCUT2D eigenvalue weighted by Crippen LogP contribution is 2.37. The number of rotatable bonds is 9. The summed E-state index contributed by atoms with van der Waals surface area (Å²) in [5.74, 6) is 1.76. The third-order valence-corrected chi connectivity index (χ3v) is 8.41. The van der Waals surface area contributed by atoms with Gasteiger partial charge in [-0.2, -0.15) is 0 Å². The molecule has 0 aromatic heterocycles. The minimum atomic E-state index is -0.240. The molecule has 2 heterocycles. The molecule has 3 aromatic carbocycles. The lowest BCUT2D eigenvalue weighted by atomic mass is 9.96. The summed E-state index contributed by atoms with van der Waals surface area (Å²) in [6.07, 6.45) is 4.57. The van der Waals surface area contributed by atoms with Crippen LogP contribution >= 0.6 is 11.8 Å². The number of fused-ring (bicyclic) bond motifs is 1. The number of piperazine rings is 1. The molecule has 0 bridgehead atoms. The van der Waals surface area contributed by atoms with Gasteiger partial charge >= 0.3 is 0 Å². The van der Waals surface area contributed by atoms with Crippen molar-refractivity contribution in [1.29, 1.82) is 0 Å². The van der Waals surface area contributed by atoms with E-state index in [0.717, 1.165) is 75.5 Å². The zero-order valence-corrected chi connectivity index (χ0v) is 21.5. The number of hydrogen-bond donors (Lipinski definition) is 0. The molecule has 2 aliphatic heterocycles. The van der Waals surface area contributed by atoms with E-state index in [1.165, 1.54) is 46.9 Å². The molecule has 0 saturated carbocycles. The van der Waals surface area contributed by atoms with Crippen LogP contribution in [0, 0.1) is 11.6 Å². The van der Waals surface area contributed by atoms with Crippen LogP contribution < -0.4 is 4.74 Å². The Hall–Kier alpha value is -2.41. The largest absolute Gasteiger partial charge is 0.492 e. The molecular weight excluding hydrogens is 474 g/mol. The van der Waals surface area contributed by atoms with Crippen molar-refractivity contribution in [2.75, 3.05) is 45.1 Å². The van der Waals surface area contributed by atoms with Gasteiger partial charge in [-0.3, -0.25) is 4.90 Å². The quantitative estimate of drug-likeness (QED) is 0.304. The van der Waals surface area contributed by atoms with Crippen LogP contribution in [-0.2, 0) is 6.42 Å². The highest BCUT2D eigenvalue weighted by Gasteiger charge is 2.26. The predicted octanol–water partition coefficient (Wildman–Crippen LogP) is 6.57. The molecule has 0 amide bonds. The first-order valence-electron chi connectivity index (χ1n) is 13.0. The number of unbranched alkanes of at least 4 members (excludes halogenated alkanes) is 1. The first-order valence-corrected chi connectivity index (χ1v) is 14.0. The maximum Gasteiger partial charge on any atom is 0.133 e. The van der Waals surface area contributed by atoms with Crippen LogP contribution in [0.4, 0.5) is 8.78 Å². The topological polar surface area (TPSA) is 15.7 Å². The Morgan fingerprint density at radius 3 is 2.14 bits per heavy atom. The van der Waals surface area contributed by atoms with Crippen LogP contribution in [0.1, 0.15) is 42.0 Å². The minimum absolute atomic E-state index is 0.00331. The third-order valence-electron chi connectivity index (χ3n) is 7.17. The molecule has 36 heavy (non-hydrogen) atoms. The molecule has 6 heteroatoms. The van der Waals surface area contributed by atoms with Gasteiger partial charge in [0.15, 0.2) is 0 Å².